The molecule has 1 aromatic heterocycles. The quantitative estimate of drug-likeness (QED) is 0.726. The molecule has 0 radical (unpaired) electrons. The summed E-state index contributed by atoms with van der Waals surface area (Å²) in [5.41, 5.74) is 0.528. The minimum atomic E-state index is -0.563. The molecule has 90 valence electrons. The van der Waals surface area contributed by atoms with Crippen LogP contribution in [0.2, 0.25) is 0 Å². The highest BCUT2D eigenvalue weighted by atomic mass is 32.2. The van der Waals surface area contributed by atoms with Gasteiger partial charge in [-0.1, -0.05) is 40.9 Å². The van der Waals surface area contributed by atoms with Gasteiger partial charge in [-0.3, -0.25) is 0 Å². The SMILES string of the molecule is O=C1N(c2ccccc2)C([O-])=N[N+]1=c1sccs1. The number of rotatable bonds is 1. The fourth-order valence-electron chi connectivity index (χ4n) is 1.57. The standard InChI is InChI=1S/C11H7N3O2S2/c15-9-12-14(11-17-6-7-18-11)10(16)13(9)8-4-2-1-3-5-8/h1-7H. The number of amidine groups is 1. The maximum absolute atomic E-state index is 12.2. The number of amides is 2. The van der Waals surface area contributed by atoms with Gasteiger partial charge in [-0.25, -0.2) is 0 Å². The Morgan fingerprint density at radius 3 is 2.50 bits per heavy atom. The monoisotopic (exact) mass is 277 g/mol. The van der Waals surface area contributed by atoms with Gasteiger partial charge in [-0.15, -0.1) is 4.90 Å². The maximum atomic E-state index is 12.2. The zero-order chi connectivity index (χ0) is 12.5. The van der Waals surface area contributed by atoms with E-state index in [2.05, 4.69) is 5.10 Å². The summed E-state index contributed by atoms with van der Waals surface area (Å²) in [7, 11) is 0. The number of hydrazone groups is 1. The van der Waals surface area contributed by atoms with Gasteiger partial charge in [-0.05, 0) is 21.9 Å². The van der Waals surface area contributed by atoms with Crippen molar-refractivity contribution >= 4 is 40.4 Å². The Hall–Kier alpha value is -1.99. The first-order valence-electron chi connectivity index (χ1n) is 5.07. The van der Waals surface area contributed by atoms with Crippen molar-refractivity contribution < 1.29 is 9.90 Å². The van der Waals surface area contributed by atoms with E-state index in [1.54, 1.807) is 24.3 Å². The van der Waals surface area contributed by atoms with Gasteiger partial charge in [0.1, 0.15) is 5.69 Å². The average molecular weight is 277 g/mol. The number of benzene rings is 1. The minimum Gasteiger partial charge on any atom is -0.824 e. The summed E-state index contributed by atoms with van der Waals surface area (Å²) in [6.45, 7) is 0. The Labute approximate surface area is 110 Å². The van der Waals surface area contributed by atoms with Crippen molar-refractivity contribution in [3.8, 4) is 0 Å². The van der Waals surface area contributed by atoms with E-state index in [1.165, 1.54) is 22.7 Å². The van der Waals surface area contributed by atoms with E-state index in [9.17, 15) is 9.90 Å². The molecule has 0 saturated heterocycles. The molecule has 0 atom stereocenters. The molecule has 2 aromatic rings. The van der Waals surface area contributed by atoms with Crippen LogP contribution in [0.25, 0.3) is 0 Å². The zero-order valence-corrected chi connectivity index (χ0v) is 10.6. The molecular formula is C11H7N3O2S2. The topological polar surface area (TPSA) is 58.7 Å². The molecule has 1 aliphatic heterocycles. The Morgan fingerprint density at radius 1 is 1.17 bits per heavy atom. The summed E-state index contributed by atoms with van der Waals surface area (Å²) >= 11 is 2.75. The van der Waals surface area contributed by atoms with Crippen LogP contribution in [0, 0.1) is 0 Å². The van der Waals surface area contributed by atoms with Crippen molar-refractivity contribution in [1.82, 2.24) is 4.68 Å². The van der Waals surface area contributed by atoms with Crippen molar-refractivity contribution in [1.29, 1.82) is 0 Å². The smallest absolute Gasteiger partial charge is 0.531 e. The van der Waals surface area contributed by atoms with Crippen molar-refractivity contribution in [3.05, 3.63) is 45.1 Å². The van der Waals surface area contributed by atoms with Crippen LogP contribution in [0.4, 0.5) is 10.5 Å². The first kappa shape index (κ1) is 11.1. The summed E-state index contributed by atoms with van der Waals surface area (Å²) in [4.78, 5) is 13.2. The highest BCUT2D eigenvalue weighted by molar-refractivity contribution is 7.24. The summed E-state index contributed by atoms with van der Waals surface area (Å²) in [6, 6.07) is 7.76. The third-order valence-electron chi connectivity index (χ3n) is 2.33. The largest absolute Gasteiger partial charge is 0.824 e. The van der Waals surface area contributed by atoms with Gasteiger partial charge in [0.2, 0.25) is 6.02 Å². The summed E-state index contributed by atoms with van der Waals surface area (Å²) in [5, 5.41) is 19.2. The molecule has 0 saturated carbocycles. The molecule has 1 aliphatic rings. The summed E-state index contributed by atoms with van der Waals surface area (Å²) in [5.74, 6) is 0. The number of carbonyl (C=O) groups is 1. The first-order valence-corrected chi connectivity index (χ1v) is 6.83. The van der Waals surface area contributed by atoms with Gasteiger partial charge in [-0.2, -0.15) is 4.79 Å². The predicted molar refractivity (Wildman–Crippen MR) is 69.2 cm³/mol. The first-order chi connectivity index (χ1) is 8.77. The highest BCUT2D eigenvalue weighted by Gasteiger charge is 2.37. The van der Waals surface area contributed by atoms with Crippen LogP contribution in [-0.2, 0) is 0 Å². The number of carbonyl (C=O) groups excluding carboxylic acids is 1. The molecule has 0 fully saturated rings. The van der Waals surface area contributed by atoms with Crippen LogP contribution in [0.15, 0.2) is 46.2 Å². The lowest BCUT2D eigenvalue weighted by Gasteiger charge is -2.10. The van der Waals surface area contributed by atoms with Crippen LogP contribution in [0.5, 0.6) is 0 Å². The molecule has 2 amide bonds. The van der Waals surface area contributed by atoms with Crippen LogP contribution >= 0.6 is 22.7 Å². The molecule has 0 aliphatic carbocycles. The predicted octanol–water partition coefficient (Wildman–Crippen LogP) is 0.853. The van der Waals surface area contributed by atoms with E-state index < -0.39 is 12.1 Å². The Kier molecular flexibility index (Phi) is 2.69. The van der Waals surface area contributed by atoms with E-state index in [0.29, 0.717) is 9.67 Å². The Bertz CT molecular complexity index is 671. The third kappa shape index (κ3) is 1.73. The van der Waals surface area contributed by atoms with Crippen LogP contribution in [-0.4, -0.2) is 12.1 Å². The number of hydrogen-bond acceptors (Lipinski definition) is 5. The second kappa shape index (κ2) is 4.35. The van der Waals surface area contributed by atoms with E-state index in [1.807, 2.05) is 16.8 Å². The van der Waals surface area contributed by atoms with Gasteiger partial charge in [0.25, 0.3) is 3.98 Å². The molecule has 18 heavy (non-hydrogen) atoms. The van der Waals surface area contributed by atoms with E-state index in [-0.39, 0.29) is 0 Å². The zero-order valence-electron chi connectivity index (χ0n) is 9.02. The normalized spacial score (nSPS) is 15.1. The number of hydrogen-bond donors (Lipinski definition) is 0. The van der Waals surface area contributed by atoms with Gasteiger partial charge in [0, 0.05) is 10.8 Å². The molecule has 0 unspecified atom stereocenters. The van der Waals surface area contributed by atoms with E-state index in [4.69, 9.17) is 0 Å². The maximum Gasteiger partial charge on any atom is 0.531 e. The van der Waals surface area contributed by atoms with Crippen LogP contribution in [0.1, 0.15) is 0 Å². The van der Waals surface area contributed by atoms with Crippen molar-refractivity contribution in [2.75, 3.05) is 4.90 Å². The Morgan fingerprint density at radius 2 is 1.83 bits per heavy atom. The molecule has 0 spiro atoms. The van der Waals surface area contributed by atoms with Crippen molar-refractivity contribution in [2.45, 2.75) is 0 Å². The molecule has 3 rings (SSSR count). The summed E-state index contributed by atoms with van der Waals surface area (Å²) in [6.07, 6.45) is 0. The van der Waals surface area contributed by atoms with Gasteiger partial charge in [0.05, 0.1) is 0 Å². The summed E-state index contributed by atoms with van der Waals surface area (Å²) < 4.78 is 1.82. The van der Waals surface area contributed by atoms with E-state index in [0.717, 1.165) is 9.58 Å². The second-order valence-corrected chi connectivity index (χ2v) is 5.47. The van der Waals surface area contributed by atoms with Gasteiger partial charge >= 0.3 is 6.03 Å². The van der Waals surface area contributed by atoms with Crippen LogP contribution in [0.3, 0.4) is 0 Å². The molecular weight excluding hydrogens is 270 g/mol. The van der Waals surface area contributed by atoms with Crippen molar-refractivity contribution in [2.24, 2.45) is 5.10 Å². The van der Waals surface area contributed by atoms with Crippen LogP contribution < -0.4 is 18.7 Å². The molecule has 0 N–H and O–H groups in total. The van der Waals surface area contributed by atoms with Crippen molar-refractivity contribution in [3.63, 3.8) is 0 Å². The lowest BCUT2D eigenvalue weighted by molar-refractivity contribution is -0.216. The molecule has 5 nitrogen and oxygen atoms in total. The lowest BCUT2D eigenvalue weighted by Crippen LogP contribution is -2.41. The average Bonchev–Trinajstić information content (AvgIpc) is 2.99. The number of para-hydroxylation sites is 1. The second-order valence-electron chi connectivity index (χ2n) is 3.42. The van der Waals surface area contributed by atoms with Gasteiger partial charge < -0.3 is 5.11 Å². The van der Waals surface area contributed by atoms with Gasteiger partial charge in [0.15, 0.2) is 0 Å². The molecule has 1 aromatic carbocycles. The third-order valence-corrected chi connectivity index (χ3v) is 4.37. The number of urea groups is 1. The molecule has 2 heterocycles. The molecule has 0 bridgehead atoms. The number of nitrogens with zero attached hydrogens (tertiary/aromatic N) is 3. The van der Waals surface area contributed by atoms with E-state index >= 15 is 0 Å². The lowest BCUT2D eigenvalue weighted by atomic mass is 10.3. The number of anilines is 1. The fraction of sp³-hybridized carbons (Fsp3) is 0. The Balaban J connectivity index is 2.11. The fourth-order valence-corrected chi connectivity index (χ4v) is 3.24. The minimum absolute atomic E-state index is 0.440. The highest BCUT2D eigenvalue weighted by Crippen LogP contribution is 2.16. The molecule has 7 heteroatoms.